The lowest BCUT2D eigenvalue weighted by Crippen LogP contribution is -2.41. The third-order valence-electron chi connectivity index (χ3n) is 9.33. The zero-order chi connectivity index (χ0) is 30.7. The van der Waals surface area contributed by atoms with Crippen LogP contribution in [0.2, 0.25) is 5.02 Å². The molecule has 2 atom stereocenters. The van der Waals surface area contributed by atoms with Gasteiger partial charge >= 0.3 is 0 Å². The molecule has 1 amide bonds. The Kier molecular flexibility index (Phi) is 9.88. The summed E-state index contributed by atoms with van der Waals surface area (Å²) in [7, 11) is 8.24. The van der Waals surface area contributed by atoms with Gasteiger partial charge in [-0.15, -0.1) is 0 Å². The molecular weight excluding hydrogens is 558 g/mol. The van der Waals surface area contributed by atoms with Crippen molar-refractivity contribution in [3.05, 3.63) is 82.4 Å². The Labute approximate surface area is 262 Å². The molecular formula is C36H46ClN3O3. The number of fused-ring (bicyclic) bond motifs is 1. The molecule has 0 spiro atoms. The molecule has 1 aliphatic heterocycles. The number of amides is 1. The number of carbonyl (C=O) groups excluding carboxylic acids is 1. The average Bonchev–Trinajstić information content (AvgIpc) is 3.01. The van der Waals surface area contributed by atoms with Gasteiger partial charge in [0.2, 0.25) is 5.91 Å². The van der Waals surface area contributed by atoms with E-state index >= 15 is 0 Å². The zero-order valence-corrected chi connectivity index (χ0v) is 27.2. The van der Waals surface area contributed by atoms with Crippen LogP contribution in [0.5, 0.6) is 11.5 Å². The zero-order valence-electron chi connectivity index (χ0n) is 26.5. The van der Waals surface area contributed by atoms with Crippen LogP contribution in [-0.2, 0) is 11.2 Å². The molecule has 0 radical (unpaired) electrons. The molecule has 0 bridgehead atoms. The predicted octanol–water partition coefficient (Wildman–Crippen LogP) is 7.76. The van der Waals surface area contributed by atoms with Crippen molar-refractivity contribution in [1.82, 2.24) is 4.90 Å². The van der Waals surface area contributed by atoms with Crippen LogP contribution >= 0.6 is 11.6 Å². The van der Waals surface area contributed by atoms with E-state index in [9.17, 15) is 4.79 Å². The second-order valence-corrected chi connectivity index (χ2v) is 12.9. The van der Waals surface area contributed by atoms with Gasteiger partial charge in [0.25, 0.3) is 0 Å². The first-order chi connectivity index (χ1) is 20.7. The van der Waals surface area contributed by atoms with E-state index < -0.39 is 0 Å². The summed E-state index contributed by atoms with van der Waals surface area (Å²) < 4.78 is 12.3. The number of rotatable bonds is 10. The number of hydrogen-bond donors (Lipinski definition) is 0. The second kappa shape index (κ2) is 13.6. The molecule has 0 N–H and O–H groups in total. The van der Waals surface area contributed by atoms with E-state index in [1.165, 1.54) is 25.7 Å². The van der Waals surface area contributed by atoms with Crippen LogP contribution in [-0.4, -0.2) is 57.8 Å². The Morgan fingerprint density at radius 1 is 0.953 bits per heavy atom. The van der Waals surface area contributed by atoms with Crippen molar-refractivity contribution >= 4 is 28.9 Å². The van der Waals surface area contributed by atoms with Gasteiger partial charge in [-0.1, -0.05) is 36.7 Å². The number of halogens is 1. The maximum Gasteiger partial charge on any atom is 0.232 e. The largest absolute Gasteiger partial charge is 0.492 e. The van der Waals surface area contributed by atoms with Crippen LogP contribution in [0, 0.1) is 5.92 Å². The Hall–Kier alpha value is -3.22. The van der Waals surface area contributed by atoms with Gasteiger partial charge in [0.05, 0.1) is 25.7 Å². The van der Waals surface area contributed by atoms with E-state index in [-0.39, 0.29) is 24.5 Å². The minimum atomic E-state index is -0.389. The average molecular weight is 604 g/mol. The third-order valence-corrected chi connectivity index (χ3v) is 9.58. The van der Waals surface area contributed by atoms with Gasteiger partial charge in [0.15, 0.2) is 11.5 Å². The molecule has 1 saturated carbocycles. The van der Waals surface area contributed by atoms with Gasteiger partial charge < -0.3 is 24.2 Å². The lowest BCUT2D eigenvalue weighted by atomic mass is 9.85. The Morgan fingerprint density at radius 2 is 1.63 bits per heavy atom. The summed E-state index contributed by atoms with van der Waals surface area (Å²) in [5, 5.41) is 0.654. The van der Waals surface area contributed by atoms with Gasteiger partial charge in [-0.25, -0.2) is 0 Å². The van der Waals surface area contributed by atoms with Crippen LogP contribution in [0.4, 0.5) is 11.4 Å². The minimum Gasteiger partial charge on any atom is -0.492 e. The van der Waals surface area contributed by atoms with E-state index in [2.05, 4.69) is 69.1 Å². The normalized spacial score (nSPS) is 21.0. The molecule has 230 valence electrons. The number of methoxy groups -OCH3 is 1. The maximum absolute atomic E-state index is 13.9. The van der Waals surface area contributed by atoms with Gasteiger partial charge in [-0.2, -0.15) is 0 Å². The van der Waals surface area contributed by atoms with Crippen molar-refractivity contribution < 1.29 is 14.3 Å². The van der Waals surface area contributed by atoms with Gasteiger partial charge in [-0.3, -0.25) is 4.79 Å². The molecule has 1 aliphatic carbocycles. The first kappa shape index (κ1) is 31.2. The predicted molar refractivity (Wildman–Crippen MR) is 177 cm³/mol. The molecule has 7 heteroatoms. The molecule has 6 nitrogen and oxygen atoms in total. The Bertz CT molecular complexity index is 1380. The fraction of sp³-hybridized carbons (Fsp3) is 0.472. The highest BCUT2D eigenvalue weighted by Crippen LogP contribution is 2.47. The molecule has 0 aromatic heterocycles. The molecule has 2 aliphatic rings. The maximum atomic E-state index is 13.9. The van der Waals surface area contributed by atoms with E-state index in [4.69, 9.17) is 21.1 Å². The highest BCUT2D eigenvalue weighted by atomic mass is 35.5. The van der Waals surface area contributed by atoms with Crippen molar-refractivity contribution in [3.8, 4) is 11.5 Å². The Balaban J connectivity index is 1.46. The number of hydrogen-bond acceptors (Lipinski definition) is 5. The van der Waals surface area contributed by atoms with Crippen molar-refractivity contribution in [3.63, 3.8) is 0 Å². The SMILES string of the molecule is CC[C@@H](C)Oc1ccc2c(c1OC)[C@H](c1ccc(Cl)cc1)N(c1ccc(N(C)CC3CCC(N(C)C)CC3)cc1)C(=O)C2. The molecule has 0 saturated heterocycles. The summed E-state index contributed by atoms with van der Waals surface area (Å²) >= 11 is 6.30. The van der Waals surface area contributed by atoms with E-state index in [0.29, 0.717) is 28.5 Å². The Morgan fingerprint density at radius 3 is 2.23 bits per heavy atom. The molecule has 3 aromatic carbocycles. The monoisotopic (exact) mass is 603 g/mol. The molecule has 43 heavy (non-hydrogen) atoms. The lowest BCUT2D eigenvalue weighted by molar-refractivity contribution is -0.118. The van der Waals surface area contributed by atoms with Crippen molar-refractivity contribution in [1.29, 1.82) is 0 Å². The topological polar surface area (TPSA) is 45.3 Å². The van der Waals surface area contributed by atoms with E-state index in [0.717, 1.165) is 41.0 Å². The number of anilines is 2. The highest BCUT2D eigenvalue weighted by molar-refractivity contribution is 6.30. The summed E-state index contributed by atoms with van der Waals surface area (Å²) in [6, 6.07) is 20.4. The second-order valence-electron chi connectivity index (χ2n) is 12.4. The van der Waals surface area contributed by atoms with E-state index in [1.54, 1.807) is 7.11 Å². The summed E-state index contributed by atoms with van der Waals surface area (Å²) in [5.41, 5.74) is 4.89. The smallest absolute Gasteiger partial charge is 0.232 e. The quantitative estimate of drug-likeness (QED) is 0.237. The van der Waals surface area contributed by atoms with Gasteiger partial charge in [-0.05, 0) is 113 Å². The number of benzene rings is 3. The van der Waals surface area contributed by atoms with Crippen LogP contribution in [0.15, 0.2) is 60.7 Å². The van der Waals surface area contributed by atoms with Gasteiger partial charge in [0.1, 0.15) is 0 Å². The first-order valence-electron chi connectivity index (χ1n) is 15.6. The van der Waals surface area contributed by atoms with Crippen LogP contribution < -0.4 is 19.3 Å². The number of ether oxygens (including phenoxy) is 2. The first-order valence-corrected chi connectivity index (χ1v) is 16.0. The molecule has 1 heterocycles. The van der Waals surface area contributed by atoms with Crippen LogP contribution in [0.25, 0.3) is 0 Å². The van der Waals surface area contributed by atoms with Crippen LogP contribution in [0.1, 0.15) is 68.7 Å². The summed E-state index contributed by atoms with van der Waals surface area (Å²) in [5.74, 6) is 2.12. The van der Waals surface area contributed by atoms with E-state index in [1.807, 2.05) is 41.3 Å². The van der Waals surface area contributed by atoms with Gasteiger partial charge in [0, 0.05) is 41.6 Å². The molecule has 3 aromatic rings. The fourth-order valence-electron chi connectivity index (χ4n) is 6.66. The standard InChI is InChI=1S/C36H46ClN3O3/c1-7-24(2)43-32-21-12-27-22-33(41)40(35(34(27)36(32)42-6)26-10-13-28(37)14-11-26)31-19-17-30(18-20-31)39(5)23-25-8-15-29(16-9-25)38(3)4/h10-14,17-21,24-25,29,35H,7-9,15-16,22-23H2,1-6H3/t24-,25?,29?,35+/m1/s1. The fourth-order valence-corrected chi connectivity index (χ4v) is 6.78. The third kappa shape index (κ3) is 6.81. The highest BCUT2D eigenvalue weighted by Gasteiger charge is 2.38. The molecule has 0 unspecified atom stereocenters. The molecule has 5 rings (SSSR count). The summed E-state index contributed by atoms with van der Waals surface area (Å²) in [6.45, 7) is 5.20. The lowest BCUT2D eigenvalue weighted by Gasteiger charge is -2.39. The number of nitrogens with zero attached hydrogens (tertiary/aromatic N) is 3. The van der Waals surface area contributed by atoms with Crippen molar-refractivity contribution in [2.75, 3.05) is 44.6 Å². The minimum absolute atomic E-state index is 0.0369. The summed E-state index contributed by atoms with van der Waals surface area (Å²) in [6.07, 6.45) is 6.27. The van der Waals surface area contributed by atoms with Crippen LogP contribution in [0.3, 0.4) is 0 Å². The summed E-state index contributed by atoms with van der Waals surface area (Å²) in [4.78, 5) is 20.5. The molecule has 1 fully saturated rings. The number of carbonyl (C=O) groups is 1. The van der Waals surface area contributed by atoms with Crippen molar-refractivity contribution in [2.45, 2.75) is 70.6 Å². The van der Waals surface area contributed by atoms with Crippen molar-refractivity contribution in [2.24, 2.45) is 5.92 Å².